The summed E-state index contributed by atoms with van der Waals surface area (Å²) in [6.45, 7) is 2.72. The highest BCUT2D eigenvalue weighted by Gasteiger charge is 2.31. The lowest BCUT2D eigenvalue weighted by Gasteiger charge is -2.12. The minimum absolute atomic E-state index is 0.00976. The van der Waals surface area contributed by atoms with Crippen LogP contribution in [-0.2, 0) is 19.6 Å². The van der Waals surface area contributed by atoms with Gasteiger partial charge in [0.1, 0.15) is 16.6 Å². The van der Waals surface area contributed by atoms with Crippen LogP contribution in [0.15, 0.2) is 9.42 Å². The summed E-state index contributed by atoms with van der Waals surface area (Å²) in [7, 11) is -4.22. The molecule has 0 fully saturated rings. The number of sulfonamides is 1. The van der Waals surface area contributed by atoms with Crippen LogP contribution in [-0.4, -0.2) is 41.8 Å². The van der Waals surface area contributed by atoms with E-state index in [0.717, 1.165) is 0 Å². The number of aryl methyl sites for hydroxylation is 2. The Morgan fingerprint density at radius 3 is 2.32 bits per heavy atom. The average Bonchev–Trinajstić information content (AvgIpc) is 2.56. The van der Waals surface area contributed by atoms with E-state index in [1.165, 1.54) is 13.8 Å². The van der Waals surface area contributed by atoms with Crippen molar-refractivity contribution in [2.45, 2.75) is 31.2 Å². The highest BCUT2D eigenvalue weighted by molar-refractivity contribution is 7.89. The molecule has 0 aromatic carbocycles. The second-order valence-electron chi connectivity index (χ2n) is 3.76. The Morgan fingerprint density at radius 2 is 1.95 bits per heavy atom. The highest BCUT2D eigenvalue weighted by atomic mass is 32.2. The minimum atomic E-state index is -4.22. The van der Waals surface area contributed by atoms with Crippen LogP contribution >= 0.6 is 0 Å². The van der Waals surface area contributed by atoms with Gasteiger partial charge in [0.25, 0.3) is 0 Å². The molecule has 9 nitrogen and oxygen atoms in total. The van der Waals surface area contributed by atoms with E-state index in [0.29, 0.717) is 0 Å². The van der Waals surface area contributed by atoms with Crippen molar-refractivity contribution in [1.29, 1.82) is 0 Å². The Morgan fingerprint density at radius 1 is 1.37 bits per heavy atom. The van der Waals surface area contributed by atoms with Crippen LogP contribution in [0.5, 0.6) is 0 Å². The summed E-state index contributed by atoms with van der Waals surface area (Å²) < 4.78 is 30.4. The van der Waals surface area contributed by atoms with Crippen molar-refractivity contribution in [3.05, 3.63) is 11.5 Å². The number of carboxylic acid groups (broad SMARTS) is 2. The largest absolute Gasteiger partial charge is 0.481 e. The molecule has 1 heterocycles. The standard InChI is InChI=1S/C9H12N2O7S/c1-4-8(5(2)18-10-4)19(16,17)11-6(9(14)15)3-7(12)13/h6,11H,3H2,1-2H3,(H,12,13)(H,14,15)/t6-/m0/s1. The number of carboxylic acids is 2. The third-order valence-electron chi connectivity index (χ3n) is 2.21. The number of aromatic nitrogens is 1. The summed E-state index contributed by atoms with van der Waals surface area (Å²) in [5.41, 5.74) is 0.0597. The Labute approximate surface area is 108 Å². The van der Waals surface area contributed by atoms with E-state index in [1.54, 1.807) is 4.72 Å². The van der Waals surface area contributed by atoms with Crippen molar-refractivity contribution in [3.63, 3.8) is 0 Å². The molecule has 0 aliphatic rings. The van der Waals surface area contributed by atoms with E-state index < -0.39 is 34.4 Å². The van der Waals surface area contributed by atoms with Crippen molar-refractivity contribution in [3.8, 4) is 0 Å². The number of carbonyl (C=O) groups is 2. The predicted octanol–water partition coefficient (Wildman–Crippen LogP) is -0.502. The molecule has 3 N–H and O–H groups in total. The summed E-state index contributed by atoms with van der Waals surface area (Å²) in [5.74, 6) is -3.03. The number of nitrogens with zero attached hydrogens (tertiary/aromatic N) is 1. The molecule has 1 aromatic rings. The van der Waals surface area contributed by atoms with Gasteiger partial charge in [-0.25, -0.2) is 8.42 Å². The van der Waals surface area contributed by atoms with Gasteiger partial charge in [-0.3, -0.25) is 9.59 Å². The third-order valence-corrected chi connectivity index (χ3v) is 3.93. The van der Waals surface area contributed by atoms with E-state index in [4.69, 9.17) is 10.2 Å². The Kier molecular flexibility index (Phi) is 4.27. The van der Waals surface area contributed by atoms with Crippen LogP contribution in [0.3, 0.4) is 0 Å². The first-order valence-electron chi connectivity index (χ1n) is 5.05. The molecule has 1 aromatic heterocycles. The van der Waals surface area contributed by atoms with Crippen LogP contribution in [0, 0.1) is 13.8 Å². The van der Waals surface area contributed by atoms with Gasteiger partial charge in [-0.1, -0.05) is 5.16 Å². The molecule has 0 aliphatic carbocycles. The van der Waals surface area contributed by atoms with E-state index >= 15 is 0 Å². The van der Waals surface area contributed by atoms with Gasteiger partial charge in [0.15, 0.2) is 5.76 Å². The Hall–Kier alpha value is -1.94. The zero-order chi connectivity index (χ0) is 14.8. The number of hydrogen-bond acceptors (Lipinski definition) is 6. The molecule has 19 heavy (non-hydrogen) atoms. The minimum Gasteiger partial charge on any atom is -0.481 e. The lowest BCUT2D eigenvalue weighted by atomic mass is 10.2. The maximum atomic E-state index is 12.0. The van der Waals surface area contributed by atoms with Crippen LogP contribution < -0.4 is 4.72 Å². The van der Waals surface area contributed by atoms with E-state index in [2.05, 4.69) is 9.68 Å². The Bertz CT molecular complexity index is 585. The quantitative estimate of drug-likeness (QED) is 0.635. The maximum Gasteiger partial charge on any atom is 0.322 e. The van der Waals surface area contributed by atoms with Gasteiger partial charge >= 0.3 is 11.9 Å². The van der Waals surface area contributed by atoms with Crippen molar-refractivity contribution in [2.75, 3.05) is 0 Å². The number of nitrogens with one attached hydrogen (secondary N) is 1. The fourth-order valence-corrected chi connectivity index (χ4v) is 2.98. The fourth-order valence-electron chi connectivity index (χ4n) is 1.46. The molecular weight excluding hydrogens is 280 g/mol. The van der Waals surface area contributed by atoms with Gasteiger partial charge in [0, 0.05) is 0 Å². The summed E-state index contributed by atoms with van der Waals surface area (Å²) in [6, 6.07) is -1.77. The molecule has 0 spiro atoms. The molecule has 0 radical (unpaired) electrons. The van der Waals surface area contributed by atoms with Gasteiger partial charge in [0.05, 0.1) is 6.42 Å². The van der Waals surface area contributed by atoms with E-state index in [9.17, 15) is 18.0 Å². The van der Waals surface area contributed by atoms with Gasteiger partial charge in [-0.15, -0.1) is 0 Å². The zero-order valence-electron chi connectivity index (χ0n) is 10.1. The third kappa shape index (κ3) is 3.51. The van der Waals surface area contributed by atoms with Crippen LogP contribution in [0.2, 0.25) is 0 Å². The van der Waals surface area contributed by atoms with Gasteiger partial charge in [0.2, 0.25) is 10.0 Å². The fraction of sp³-hybridized carbons (Fsp3) is 0.444. The maximum absolute atomic E-state index is 12.0. The van der Waals surface area contributed by atoms with Crippen molar-refractivity contribution in [2.24, 2.45) is 0 Å². The van der Waals surface area contributed by atoms with Crippen LogP contribution in [0.4, 0.5) is 0 Å². The highest BCUT2D eigenvalue weighted by Crippen LogP contribution is 2.19. The molecular formula is C9H12N2O7S. The molecule has 0 bridgehead atoms. The van der Waals surface area contributed by atoms with Crippen LogP contribution in [0.25, 0.3) is 0 Å². The number of hydrogen-bond donors (Lipinski definition) is 3. The first kappa shape index (κ1) is 15.1. The van der Waals surface area contributed by atoms with Crippen molar-refractivity contribution >= 4 is 22.0 Å². The topological polar surface area (TPSA) is 147 Å². The zero-order valence-corrected chi connectivity index (χ0v) is 10.9. The summed E-state index contributed by atoms with van der Waals surface area (Å²) in [5, 5.41) is 20.8. The van der Waals surface area contributed by atoms with Crippen molar-refractivity contribution in [1.82, 2.24) is 9.88 Å². The predicted molar refractivity (Wildman–Crippen MR) is 60.0 cm³/mol. The first-order valence-corrected chi connectivity index (χ1v) is 6.53. The smallest absolute Gasteiger partial charge is 0.322 e. The van der Waals surface area contributed by atoms with Gasteiger partial charge in [-0.2, -0.15) is 4.72 Å². The first-order chi connectivity index (χ1) is 8.65. The summed E-state index contributed by atoms with van der Waals surface area (Å²) in [4.78, 5) is 21.0. The second kappa shape index (κ2) is 5.36. The molecule has 0 saturated carbocycles. The number of rotatable bonds is 6. The van der Waals surface area contributed by atoms with Crippen molar-refractivity contribution < 1.29 is 32.7 Å². The molecule has 0 aliphatic heterocycles. The van der Waals surface area contributed by atoms with Crippen LogP contribution in [0.1, 0.15) is 17.9 Å². The molecule has 1 rings (SSSR count). The number of aliphatic carboxylic acids is 2. The van der Waals surface area contributed by atoms with E-state index in [-0.39, 0.29) is 16.3 Å². The molecule has 0 saturated heterocycles. The normalized spacial score (nSPS) is 13.2. The SMILES string of the molecule is Cc1noc(C)c1S(=O)(=O)N[C@@H](CC(=O)O)C(=O)O. The molecule has 10 heteroatoms. The Balaban J connectivity index is 3.08. The summed E-state index contributed by atoms with van der Waals surface area (Å²) >= 11 is 0. The average molecular weight is 292 g/mol. The molecule has 1 atom stereocenters. The van der Waals surface area contributed by atoms with E-state index in [1.807, 2.05) is 0 Å². The second-order valence-corrected chi connectivity index (χ2v) is 5.41. The lowest BCUT2D eigenvalue weighted by molar-refractivity contribution is -0.145. The molecule has 0 unspecified atom stereocenters. The molecule has 106 valence electrons. The molecule has 0 amide bonds. The van der Waals surface area contributed by atoms with Gasteiger partial charge < -0.3 is 14.7 Å². The van der Waals surface area contributed by atoms with Gasteiger partial charge in [-0.05, 0) is 13.8 Å². The lowest BCUT2D eigenvalue weighted by Crippen LogP contribution is -2.42. The monoisotopic (exact) mass is 292 g/mol. The summed E-state index contributed by atoms with van der Waals surface area (Å²) in [6.07, 6.45) is -0.877.